The molecule has 1 atom stereocenters. The summed E-state index contributed by atoms with van der Waals surface area (Å²) < 4.78 is 1.03. The highest BCUT2D eigenvalue weighted by molar-refractivity contribution is 14.1. The molecule has 9 heavy (non-hydrogen) atoms. The van der Waals surface area contributed by atoms with Crippen molar-refractivity contribution in [3.8, 4) is 0 Å². The Morgan fingerprint density at radius 2 is 2.56 bits per heavy atom. The van der Waals surface area contributed by atoms with Crippen LogP contribution in [0.15, 0.2) is 5.38 Å². The molecule has 1 aromatic heterocycles. The van der Waals surface area contributed by atoms with Gasteiger partial charge in [-0.1, -0.05) is 0 Å². The van der Waals surface area contributed by atoms with Crippen molar-refractivity contribution in [1.29, 1.82) is 0 Å². The minimum atomic E-state index is 0.0820. The van der Waals surface area contributed by atoms with Crippen LogP contribution in [0.5, 0.6) is 0 Å². The molecule has 0 amide bonds. The van der Waals surface area contributed by atoms with E-state index >= 15 is 0 Å². The van der Waals surface area contributed by atoms with Crippen molar-refractivity contribution >= 4 is 33.9 Å². The third kappa shape index (κ3) is 1.87. The number of nitrogens with zero attached hydrogens (tertiary/aromatic N) is 1. The minimum Gasteiger partial charge on any atom is -0.322 e. The van der Waals surface area contributed by atoms with Crippen LogP contribution in [0.25, 0.3) is 0 Å². The van der Waals surface area contributed by atoms with Gasteiger partial charge in [-0.25, -0.2) is 4.98 Å². The van der Waals surface area contributed by atoms with E-state index in [2.05, 4.69) is 27.6 Å². The smallest absolute Gasteiger partial charge is 0.112 e. The Bertz CT molecular complexity index is 197. The number of halogens is 1. The predicted octanol–water partition coefficient (Wildman–Crippen LogP) is 1.77. The van der Waals surface area contributed by atoms with E-state index in [0.717, 1.165) is 8.71 Å². The third-order valence-electron chi connectivity index (χ3n) is 0.883. The van der Waals surface area contributed by atoms with Crippen LogP contribution in [0.3, 0.4) is 0 Å². The molecule has 0 saturated heterocycles. The number of rotatable bonds is 1. The Hall–Kier alpha value is 0.320. The van der Waals surface area contributed by atoms with Gasteiger partial charge in [0, 0.05) is 5.38 Å². The monoisotopic (exact) mass is 254 g/mol. The maximum Gasteiger partial charge on any atom is 0.112 e. The SMILES string of the molecule is CC(N)c1nc(I)cs1. The summed E-state index contributed by atoms with van der Waals surface area (Å²) in [5.74, 6) is 0. The highest BCUT2D eigenvalue weighted by Gasteiger charge is 2.02. The maximum absolute atomic E-state index is 5.57. The molecule has 2 N–H and O–H groups in total. The maximum atomic E-state index is 5.57. The summed E-state index contributed by atoms with van der Waals surface area (Å²) in [6.45, 7) is 1.94. The number of aromatic nitrogens is 1. The van der Waals surface area contributed by atoms with Gasteiger partial charge in [0.05, 0.1) is 6.04 Å². The first-order chi connectivity index (χ1) is 4.20. The van der Waals surface area contributed by atoms with Gasteiger partial charge in [0.15, 0.2) is 0 Å². The zero-order chi connectivity index (χ0) is 6.85. The normalized spacial score (nSPS) is 13.7. The molecule has 0 aliphatic rings. The Labute approximate surface area is 71.6 Å². The summed E-state index contributed by atoms with van der Waals surface area (Å²) >= 11 is 3.79. The van der Waals surface area contributed by atoms with E-state index in [-0.39, 0.29) is 6.04 Å². The lowest BCUT2D eigenvalue weighted by molar-refractivity contribution is 0.804. The van der Waals surface area contributed by atoms with Crippen LogP contribution in [0, 0.1) is 3.70 Å². The van der Waals surface area contributed by atoms with E-state index < -0.39 is 0 Å². The first-order valence-electron chi connectivity index (χ1n) is 2.56. The van der Waals surface area contributed by atoms with E-state index in [4.69, 9.17) is 5.73 Å². The molecule has 1 heterocycles. The lowest BCUT2D eigenvalue weighted by Gasteiger charge is -1.95. The molecule has 0 fully saturated rings. The lowest BCUT2D eigenvalue weighted by atomic mass is 10.4. The molecule has 0 saturated carbocycles. The average Bonchev–Trinajstić information content (AvgIpc) is 2.14. The largest absolute Gasteiger partial charge is 0.322 e. The fourth-order valence-electron chi connectivity index (χ4n) is 0.476. The van der Waals surface area contributed by atoms with E-state index in [1.807, 2.05) is 12.3 Å². The predicted molar refractivity (Wildman–Crippen MR) is 47.4 cm³/mol. The Morgan fingerprint density at radius 1 is 1.89 bits per heavy atom. The van der Waals surface area contributed by atoms with Gasteiger partial charge >= 0.3 is 0 Å². The highest BCUT2D eigenvalue weighted by Crippen LogP contribution is 2.16. The summed E-state index contributed by atoms with van der Waals surface area (Å²) in [4.78, 5) is 4.19. The average molecular weight is 254 g/mol. The van der Waals surface area contributed by atoms with Crippen LogP contribution in [-0.4, -0.2) is 4.98 Å². The van der Waals surface area contributed by atoms with Crippen LogP contribution < -0.4 is 5.73 Å². The quantitative estimate of drug-likeness (QED) is 0.775. The molecule has 0 spiro atoms. The molecule has 1 unspecified atom stereocenters. The van der Waals surface area contributed by atoms with E-state index in [9.17, 15) is 0 Å². The van der Waals surface area contributed by atoms with E-state index in [1.165, 1.54) is 0 Å². The summed E-state index contributed by atoms with van der Waals surface area (Å²) in [7, 11) is 0. The van der Waals surface area contributed by atoms with Gasteiger partial charge in [-0.05, 0) is 29.5 Å². The van der Waals surface area contributed by atoms with Gasteiger partial charge in [0.1, 0.15) is 8.71 Å². The van der Waals surface area contributed by atoms with Crippen molar-refractivity contribution in [2.45, 2.75) is 13.0 Å². The topological polar surface area (TPSA) is 38.9 Å². The summed E-state index contributed by atoms with van der Waals surface area (Å²) in [5, 5.41) is 3.01. The van der Waals surface area contributed by atoms with Gasteiger partial charge < -0.3 is 5.73 Å². The first-order valence-corrected chi connectivity index (χ1v) is 4.52. The first kappa shape index (κ1) is 7.43. The fraction of sp³-hybridized carbons (Fsp3) is 0.400. The number of hydrogen-bond donors (Lipinski definition) is 1. The molecule has 0 aromatic carbocycles. The highest BCUT2D eigenvalue weighted by atomic mass is 127. The van der Waals surface area contributed by atoms with Crippen LogP contribution >= 0.6 is 33.9 Å². The van der Waals surface area contributed by atoms with Crippen LogP contribution in [0.1, 0.15) is 18.0 Å². The van der Waals surface area contributed by atoms with Gasteiger partial charge in [-0.3, -0.25) is 0 Å². The summed E-state index contributed by atoms with van der Waals surface area (Å²) in [6, 6.07) is 0.0820. The van der Waals surface area contributed by atoms with Crippen molar-refractivity contribution in [3.63, 3.8) is 0 Å². The van der Waals surface area contributed by atoms with Crippen LogP contribution in [-0.2, 0) is 0 Å². The zero-order valence-electron chi connectivity index (χ0n) is 4.97. The Kier molecular flexibility index (Phi) is 2.42. The molecule has 50 valence electrons. The Morgan fingerprint density at radius 3 is 2.78 bits per heavy atom. The van der Waals surface area contributed by atoms with Gasteiger partial charge in [0.2, 0.25) is 0 Å². The fourth-order valence-corrected chi connectivity index (χ4v) is 1.92. The molecule has 4 heteroatoms. The second-order valence-electron chi connectivity index (χ2n) is 1.80. The van der Waals surface area contributed by atoms with Crippen molar-refractivity contribution in [3.05, 3.63) is 14.1 Å². The summed E-state index contributed by atoms with van der Waals surface area (Å²) in [6.07, 6.45) is 0. The van der Waals surface area contributed by atoms with Crippen molar-refractivity contribution in [1.82, 2.24) is 4.98 Å². The molecule has 1 aromatic rings. The molecule has 2 nitrogen and oxygen atoms in total. The van der Waals surface area contributed by atoms with E-state index in [0.29, 0.717) is 0 Å². The molecule has 0 aliphatic heterocycles. The van der Waals surface area contributed by atoms with E-state index in [1.54, 1.807) is 11.3 Å². The molecule has 0 bridgehead atoms. The van der Waals surface area contributed by atoms with Gasteiger partial charge in [0.25, 0.3) is 0 Å². The van der Waals surface area contributed by atoms with Crippen molar-refractivity contribution in [2.24, 2.45) is 5.73 Å². The standard InChI is InChI=1S/C5H7IN2S/c1-3(7)5-8-4(6)2-9-5/h2-3H,7H2,1H3. The molecule has 0 radical (unpaired) electrons. The van der Waals surface area contributed by atoms with Crippen LogP contribution in [0.4, 0.5) is 0 Å². The number of hydrogen-bond acceptors (Lipinski definition) is 3. The molecule has 0 aliphatic carbocycles. The van der Waals surface area contributed by atoms with Gasteiger partial charge in [-0.2, -0.15) is 0 Å². The second kappa shape index (κ2) is 2.94. The third-order valence-corrected chi connectivity index (χ3v) is 2.90. The van der Waals surface area contributed by atoms with Gasteiger partial charge in [-0.15, -0.1) is 11.3 Å². The van der Waals surface area contributed by atoms with Crippen molar-refractivity contribution in [2.75, 3.05) is 0 Å². The van der Waals surface area contributed by atoms with Crippen LogP contribution in [0.2, 0.25) is 0 Å². The molecular weight excluding hydrogens is 247 g/mol. The zero-order valence-corrected chi connectivity index (χ0v) is 7.94. The Balaban J connectivity index is 2.85. The van der Waals surface area contributed by atoms with Crippen molar-refractivity contribution < 1.29 is 0 Å². The molecule has 1 rings (SSSR count). The number of nitrogens with two attached hydrogens (primary N) is 1. The minimum absolute atomic E-state index is 0.0820. The summed E-state index contributed by atoms with van der Waals surface area (Å²) in [5.41, 5.74) is 5.57. The number of thiazole rings is 1. The lowest BCUT2D eigenvalue weighted by Crippen LogP contribution is -2.03. The molecular formula is C5H7IN2S. The second-order valence-corrected chi connectivity index (χ2v) is 3.79.